The molecule has 0 radical (unpaired) electrons. The van der Waals surface area contributed by atoms with Crippen LogP contribution in [0.1, 0.15) is 39.2 Å². The van der Waals surface area contributed by atoms with Crippen molar-refractivity contribution in [2.75, 3.05) is 20.7 Å². The fourth-order valence-electron chi connectivity index (χ4n) is 3.16. The molecule has 1 saturated heterocycles. The lowest BCUT2D eigenvalue weighted by Crippen LogP contribution is -2.55. The van der Waals surface area contributed by atoms with Crippen LogP contribution >= 0.6 is 0 Å². The second kappa shape index (κ2) is 9.62. The maximum Gasteiger partial charge on any atom is 0.410 e. The van der Waals surface area contributed by atoms with Gasteiger partial charge in [0, 0.05) is 19.6 Å². The molecule has 0 saturated carbocycles. The number of amides is 2. The highest BCUT2D eigenvalue weighted by Crippen LogP contribution is 2.24. The van der Waals surface area contributed by atoms with E-state index in [2.05, 4.69) is 0 Å². The molecule has 1 aromatic rings. The van der Waals surface area contributed by atoms with Gasteiger partial charge < -0.3 is 19.1 Å². The predicted octanol–water partition coefficient (Wildman–Crippen LogP) is 3.20. The van der Waals surface area contributed by atoms with Crippen molar-refractivity contribution in [1.82, 2.24) is 9.80 Å². The number of hydrogen-bond acceptors (Lipinski definition) is 6. The lowest BCUT2D eigenvalue weighted by Gasteiger charge is -2.40. The van der Waals surface area contributed by atoms with Gasteiger partial charge in [0.1, 0.15) is 18.2 Å². The van der Waals surface area contributed by atoms with E-state index in [1.165, 1.54) is 16.9 Å². The summed E-state index contributed by atoms with van der Waals surface area (Å²) < 4.78 is 15.7. The number of piperidine rings is 1. The van der Waals surface area contributed by atoms with E-state index in [4.69, 9.17) is 14.2 Å². The zero-order chi connectivity index (χ0) is 21.6. The largest absolute Gasteiger partial charge is 0.467 e. The molecule has 1 fully saturated rings. The molecule has 160 valence electrons. The smallest absolute Gasteiger partial charge is 0.410 e. The first kappa shape index (κ1) is 22.5. The third-order valence-electron chi connectivity index (χ3n) is 4.72. The lowest BCUT2D eigenvalue weighted by molar-refractivity contribution is -0.148. The van der Waals surface area contributed by atoms with E-state index in [0.717, 1.165) is 5.56 Å². The van der Waals surface area contributed by atoms with Gasteiger partial charge in [-0.15, -0.1) is 0 Å². The number of carbonyl (C=O) groups is 3. The summed E-state index contributed by atoms with van der Waals surface area (Å²) in [5, 5.41) is 0. The number of hydrogen-bond donors (Lipinski definition) is 0. The molecule has 8 nitrogen and oxygen atoms in total. The van der Waals surface area contributed by atoms with Gasteiger partial charge in [-0.3, -0.25) is 4.90 Å². The molecule has 0 N–H and O–H groups in total. The van der Waals surface area contributed by atoms with Crippen molar-refractivity contribution < 1.29 is 28.6 Å². The molecule has 1 aliphatic heterocycles. The molecule has 29 heavy (non-hydrogen) atoms. The Morgan fingerprint density at radius 1 is 1.17 bits per heavy atom. The van der Waals surface area contributed by atoms with Crippen LogP contribution in [0, 0.1) is 0 Å². The number of benzene rings is 1. The Morgan fingerprint density at radius 3 is 2.41 bits per heavy atom. The molecule has 0 spiro atoms. The monoisotopic (exact) mass is 406 g/mol. The standard InChI is InChI=1S/C21H30N2O6/c1-21(2,3)29-19(25)22(4)16-11-12-23(17(13-16)18(24)27-5)20(26)28-14-15-9-7-6-8-10-15/h6-10,16-17H,11-14H2,1-5H3. The molecule has 0 bridgehead atoms. The summed E-state index contributed by atoms with van der Waals surface area (Å²) in [6.45, 7) is 5.76. The molecule has 8 heteroatoms. The van der Waals surface area contributed by atoms with E-state index < -0.39 is 29.8 Å². The zero-order valence-electron chi connectivity index (χ0n) is 17.7. The minimum absolute atomic E-state index is 0.116. The molecule has 1 aromatic carbocycles. The summed E-state index contributed by atoms with van der Waals surface area (Å²) in [5.41, 5.74) is 0.240. The molecule has 0 aliphatic carbocycles. The Labute approximate surface area is 171 Å². The van der Waals surface area contributed by atoms with E-state index in [1.54, 1.807) is 27.8 Å². The Morgan fingerprint density at radius 2 is 1.83 bits per heavy atom. The van der Waals surface area contributed by atoms with Gasteiger partial charge in [0.05, 0.1) is 7.11 Å². The highest BCUT2D eigenvalue weighted by atomic mass is 16.6. The van der Waals surface area contributed by atoms with Crippen LogP contribution in [0.2, 0.25) is 0 Å². The number of rotatable bonds is 4. The first-order valence-corrected chi connectivity index (χ1v) is 9.63. The van der Waals surface area contributed by atoms with Crippen LogP contribution in [-0.2, 0) is 25.6 Å². The Balaban J connectivity index is 2.03. The SMILES string of the molecule is COC(=O)C1CC(N(C)C(=O)OC(C)(C)C)CCN1C(=O)OCc1ccccc1. The van der Waals surface area contributed by atoms with Crippen LogP contribution in [0.5, 0.6) is 0 Å². The maximum atomic E-state index is 12.6. The molecule has 2 unspecified atom stereocenters. The van der Waals surface area contributed by atoms with Crippen molar-refractivity contribution in [1.29, 1.82) is 0 Å². The molecule has 1 heterocycles. The average Bonchev–Trinajstić information content (AvgIpc) is 2.69. The first-order valence-electron chi connectivity index (χ1n) is 9.63. The second-order valence-electron chi connectivity index (χ2n) is 8.04. The zero-order valence-corrected chi connectivity index (χ0v) is 17.7. The van der Waals surface area contributed by atoms with Gasteiger partial charge in [0.15, 0.2) is 0 Å². The van der Waals surface area contributed by atoms with E-state index in [9.17, 15) is 14.4 Å². The highest BCUT2D eigenvalue weighted by molar-refractivity contribution is 5.82. The van der Waals surface area contributed by atoms with Gasteiger partial charge in [-0.1, -0.05) is 30.3 Å². The molecule has 2 rings (SSSR count). The van der Waals surface area contributed by atoms with E-state index in [0.29, 0.717) is 6.42 Å². The number of likely N-dealkylation sites (tertiary alicyclic amines) is 1. The summed E-state index contributed by atoms with van der Waals surface area (Å²) >= 11 is 0. The third-order valence-corrected chi connectivity index (χ3v) is 4.72. The number of nitrogens with zero attached hydrogens (tertiary/aromatic N) is 2. The maximum absolute atomic E-state index is 12.6. The van der Waals surface area contributed by atoms with E-state index in [1.807, 2.05) is 30.3 Å². The van der Waals surface area contributed by atoms with Gasteiger partial charge in [0.25, 0.3) is 0 Å². The quantitative estimate of drug-likeness (QED) is 0.564. The van der Waals surface area contributed by atoms with Crippen molar-refractivity contribution in [3.05, 3.63) is 35.9 Å². The van der Waals surface area contributed by atoms with Crippen molar-refractivity contribution in [3.8, 4) is 0 Å². The minimum Gasteiger partial charge on any atom is -0.467 e. The molecule has 2 atom stereocenters. The molecular formula is C21H30N2O6. The van der Waals surface area contributed by atoms with Crippen LogP contribution in [0.25, 0.3) is 0 Å². The normalized spacial score (nSPS) is 19.3. The number of methoxy groups -OCH3 is 1. The molecule has 2 amide bonds. The fourth-order valence-corrected chi connectivity index (χ4v) is 3.16. The van der Waals surface area contributed by atoms with E-state index >= 15 is 0 Å². The topological polar surface area (TPSA) is 85.4 Å². The van der Waals surface area contributed by atoms with Gasteiger partial charge >= 0.3 is 18.2 Å². The van der Waals surface area contributed by atoms with Crippen molar-refractivity contribution in [2.24, 2.45) is 0 Å². The average molecular weight is 406 g/mol. The van der Waals surface area contributed by atoms with E-state index in [-0.39, 0.29) is 25.6 Å². The number of ether oxygens (including phenoxy) is 3. The van der Waals surface area contributed by atoms with Gasteiger partial charge in [-0.05, 0) is 39.2 Å². The number of esters is 1. The van der Waals surface area contributed by atoms with Gasteiger partial charge in [-0.25, -0.2) is 14.4 Å². The van der Waals surface area contributed by atoms with Crippen LogP contribution in [0.15, 0.2) is 30.3 Å². The summed E-state index contributed by atoms with van der Waals surface area (Å²) in [5.74, 6) is -0.538. The van der Waals surface area contributed by atoms with Crippen LogP contribution in [0.3, 0.4) is 0 Å². The lowest BCUT2D eigenvalue weighted by atomic mass is 9.96. The van der Waals surface area contributed by atoms with Crippen LogP contribution < -0.4 is 0 Å². The summed E-state index contributed by atoms with van der Waals surface area (Å²) in [7, 11) is 2.91. The summed E-state index contributed by atoms with van der Waals surface area (Å²) in [6, 6.07) is 8.22. The minimum atomic E-state index is -0.827. The van der Waals surface area contributed by atoms with Crippen LogP contribution in [0.4, 0.5) is 9.59 Å². The molecule has 1 aliphatic rings. The Bertz CT molecular complexity index is 716. The van der Waals surface area contributed by atoms with Crippen molar-refractivity contribution >= 4 is 18.2 Å². The Kier molecular flexibility index (Phi) is 7.47. The fraction of sp³-hybridized carbons (Fsp3) is 0.571. The summed E-state index contributed by atoms with van der Waals surface area (Å²) in [4.78, 5) is 40.1. The van der Waals surface area contributed by atoms with Crippen molar-refractivity contribution in [3.63, 3.8) is 0 Å². The molecular weight excluding hydrogens is 376 g/mol. The molecule has 0 aromatic heterocycles. The van der Waals surface area contributed by atoms with Gasteiger partial charge in [0.2, 0.25) is 0 Å². The Hall–Kier alpha value is -2.77. The summed E-state index contributed by atoms with van der Waals surface area (Å²) in [6.07, 6.45) is -0.291. The second-order valence-corrected chi connectivity index (χ2v) is 8.04. The highest BCUT2D eigenvalue weighted by Gasteiger charge is 2.40. The number of carbonyl (C=O) groups excluding carboxylic acids is 3. The third kappa shape index (κ3) is 6.37. The van der Waals surface area contributed by atoms with Crippen LogP contribution in [-0.4, -0.2) is 66.3 Å². The van der Waals surface area contributed by atoms with Crippen molar-refractivity contribution in [2.45, 2.75) is 57.9 Å². The van der Waals surface area contributed by atoms with Gasteiger partial charge in [-0.2, -0.15) is 0 Å². The first-order chi connectivity index (χ1) is 13.6. The predicted molar refractivity (Wildman–Crippen MR) is 106 cm³/mol.